The van der Waals surface area contributed by atoms with Gasteiger partial charge in [-0.2, -0.15) is 0 Å². The van der Waals surface area contributed by atoms with Gasteiger partial charge < -0.3 is 4.90 Å². The van der Waals surface area contributed by atoms with E-state index in [4.69, 9.17) is 0 Å². The molecule has 0 amide bonds. The predicted molar refractivity (Wildman–Crippen MR) is 62.4 cm³/mol. The summed E-state index contributed by atoms with van der Waals surface area (Å²) in [5, 5.41) is 0. The highest BCUT2D eigenvalue weighted by atomic mass is 19.1. The van der Waals surface area contributed by atoms with Gasteiger partial charge in [0.05, 0.1) is 0 Å². The Labute approximate surface area is 95.1 Å². The van der Waals surface area contributed by atoms with Crippen LogP contribution in [0.4, 0.5) is 10.1 Å². The largest absolute Gasteiger partial charge is 0.371 e. The van der Waals surface area contributed by atoms with Crippen molar-refractivity contribution in [2.24, 2.45) is 0 Å². The van der Waals surface area contributed by atoms with Crippen molar-refractivity contribution >= 4 is 12.0 Å². The maximum atomic E-state index is 13.0. The Morgan fingerprint density at radius 2 is 2.06 bits per heavy atom. The van der Waals surface area contributed by atoms with Crippen molar-refractivity contribution in [2.75, 3.05) is 11.9 Å². The van der Waals surface area contributed by atoms with Crippen LogP contribution >= 0.6 is 0 Å². The van der Waals surface area contributed by atoms with Crippen molar-refractivity contribution in [1.29, 1.82) is 0 Å². The van der Waals surface area contributed by atoms with Crippen LogP contribution in [-0.4, -0.2) is 19.4 Å². The van der Waals surface area contributed by atoms with Crippen molar-refractivity contribution in [2.45, 2.75) is 31.7 Å². The molecule has 2 rings (SSSR count). The molecule has 0 saturated heterocycles. The van der Waals surface area contributed by atoms with Gasteiger partial charge in [0, 0.05) is 24.3 Å². The van der Waals surface area contributed by atoms with E-state index in [2.05, 4.69) is 4.90 Å². The van der Waals surface area contributed by atoms with Gasteiger partial charge in [0.25, 0.3) is 0 Å². The molecule has 1 fully saturated rings. The van der Waals surface area contributed by atoms with Crippen molar-refractivity contribution < 1.29 is 9.18 Å². The summed E-state index contributed by atoms with van der Waals surface area (Å²) in [7, 11) is 1.98. The first-order valence-electron chi connectivity index (χ1n) is 5.70. The molecule has 3 heteroatoms. The average molecular weight is 221 g/mol. The van der Waals surface area contributed by atoms with Crippen molar-refractivity contribution in [3.05, 3.63) is 29.6 Å². The van der Waals surface area contributed by atoms with Gasteiger partial charge in [-0.1, -0.05) is 12.8 Å². The molecular weight excluding hydrogens is 205 g/mol. The van der Waals surface area contributed by atoms with Gasteiger partial charge in [0.1, 0.15) is 5.82 Å². The lowest BCUT2D eigenvalue weighted by atomic mass is 10.1. The summed E-state index contributed by atoms with van der Waals surface area (Å²) in [4.78, 5) is 13.0. The van der Waals surface area contributed by atoms with Crippen molar-refractivity contribution in [3.63, 3.8) is 0 Å². The van der Waals surface area contributed by atoms with E-state index in [1.807, 2.05) is 7.05 Å². The Morgan fingerprint density at radius 1 is 1.38 bits per heavy atom. The summed E-state index contributed by atoms with van der Waals surface area (Å²) in [5.41, 5.74) is 1.28. The summed E-state index contributed by atoms with van der Waals surface area (Å²) < 4.78 is 13.0. The number of benzene rings is 1. The second kappa shape index (κ2) is 4.64. The third-order valence-electron chi connectivity index (χ3n) is 3.37. The number of aldehydes is 1. The fourth-order valence-corrected chi connectivity index (χ4v) is 2.43. The third-order valence-corrected chi connectivity index (χ3v) is 3.37. The number of hydrogen-bond acceptors (Lipinski definition) is 2. The molecular formula is C13H16FNO. The lowest BCUT2D eigenvalue weighted by Crippen LogP contribution is -2.29. The fraction of sp³-hybridized carbons (Fsp3) is 0.462. The quantitative estimate of drug-likeness (QED) is 0.731. The zero-order valence-electron chi connectivity index (χ0n) is 9.45. The van der Waals surface area contributed by atoms with E-state index in [-0.39, 0.29) is 5.82 Å². The number of carbonyl (C=O) groups excluding carboxylic acids is 1. The molecule has 1 aromatic carbocycles. The summed E-state index contributed by atoms with van der Waals surface area (Å²) in [5.74, 6) is -0.356. The first kappa shape index (κ1) is 11.1. The van der Waals surface area contributed by atoms with Gasteiger partial charge in [0.2, 0.25) is 0 Å². The Morgan fingerprint density at radius 3 is 2.69 bits per heavy atom. The molecule has 0 aromatic heterocycles. The molecule has 0 unspecified atom stereocenters. The molecule has 0 N–H and O–H groups in total. The third kappa shape index (κ3) is 2.08. The van der Waals surface area contributed by atoms with Gasteiger partial charge >= 0.3 is 0 Å². The minimum Gasteiger partial charge on any atom is -0.371 e. The molecule has 0 heterocycles. The number of halogens is 1. The zero-order valence-corrected chi connectivity index (χ0v) is 9.45. The average Bonchev–Trinajstić information content (AvgIpc) is 2.81. The van der Waals surface area contributed by atoms with Crippen LogP contribution in [0.2, 0.25) is 0 Å². The minimum atomic E-state index is -0.356. The summed E-state index contributed by atoms with van der Waals surface area (Å²) in [6.07, 6.45) is 5.53. The number of nitrogens with zero attached hydrogens (tertiary/aromatic N) is 1. The number of carbonyl (C=O) groups is 1. The fourth-order valence-electron chi connectivity index (χ4n) is 2.43. The molecule has 1 saturated carbocycles. The van der Waals surface area contributed by atoms with E-state index in [0.717, 1.165) is 24.8 Å². The minimum absolute atomic E-state index is 0.356. The topological polar surface area (TPSA) is 20.3 Å². The lowest BCUT2D eigenvalue weighted by Gasteiger charge is -2.27. The van der Waals surface area contributed by atoms with E-state index in [0.29, 0.717) is 11.6 Å². The van der Waals surface area contributed by atoms with Crippen LogP contribution in [0.15, 0.2) is 18.2 Å². The van der Waals surface area contributed by atoms with Crippen LogP contribution in [0.5, 0.6) is 0 Å². The smallest absolute Gasteiger partial charge is 0.152 e. The Balaban J connectivity index is 2.27. The molecule has 0 bridgehead atoms. The molecule has 16 heavy (non-hydrogen) atoms. The molecule has 0 aliphatic heterocycles. The van der Waals surface area contributed by atoms with E-state index in [9.17, 15) is 9.18 Å². The van der Waals surface area contributed by atoms with Crippen LogP contribution in [0.3, 0.4) is 0 Å². The molecule has 86 valence electrons. The highest BCUT2D eigenvalue weighted by molar-refractivity contribution is 5.84. The molecule has 0 spiro atoms. The Hall–Kier alpha value is -1.38. The van der Waals surface area contributed by atoms with Gasteiger partial charge in [-0.3, -0.25) is 4.79 Å². The second-order valence-electron chi connectivity index (χ2n) is 4.37. The molecule has 0 radical (unpaired) electrons. The van der Waals surface area contributed by atoms with Crippen molar-refractivity contribution in [3.8, 4) is 0 Å². The van der Waals surface area contributed by atoms with Crippen LogP contribution in [0.25, 0.3) is 0 Å². The SMILES string of the molecule is CN(c1ccc(F)cc1C=O)C1CCCC1. The summed E-state index contributed by atoms with van der Waals surface area (Å²) in [6.45, 7) is 0. The second-order valence-corrected chi connectivity index (χ2v) is 4.37. The standard InChI is InChI=1S/C13H16FNO/c1-15(12-4-2-3-5-12)13-7-6-11(14)8-10(13)9-16/h6-9,12H,2-5H2,1H3. The van der Waals surface area contributed by atoms with Crippen molar-refractivity contribution in [1.82, 2.24) is 0 Å². The first-order chi connectivity index (χ1) is 7.72. The van der Waals surface area contributed by atoms with E-state index >= 15 is 0 Å². The molecule has 1 aromatic rings. The molecule has 1 aliphatic carbocycles. The number of anilines is 1. The van der Waals surface area contributed by atoms with E-state index in [1.165, 1.54) is 25.0 Å². The zero-order chi connectivity index (χ0) is 11.5. The normalized spacial score (nSPS) is 16.4. The lowest BCUT2D eigenvalue weighted by molar-refractivity contribution is 0.112. The Kier molecular flexibility index (Phi) is 3.22. The van der Waals surface area contributed by atoms with E-state index < -0.39 is 0 Å². The van der Waals surface area contributed by atoms with Gasteiger partial charge in [-0.05, 0) is 31.0 Å². The molecule has 1 aliphatic rings. The summed E-state index contributed by atoms with van der Waals surface area (Å²) >= 11 is 0. The Bertz CT molecular complexity index is 386. The monoisotopic (exact) mass is 221 g/mol. The number of rotatable bonds is 3. The molecule has 0 atom stereocenters. The first-order valence-corrected chi connectivity index (χ1v) is 5.70. The van der Waals surface area contributed by atoms with Crippen LogP contribution in [0, 0.1) is 5.82 Å². The molecule has 2 nitrogen and oxygen atoms in total. The van der Waals surface area contributed by atoms with Crippen LogP contribution in [0.1, 0.15) is 36.0 Å². The van der Waals surface area contributed by atoms with E-state index in [1.54, 1.807) is 6.07 Å². The highest BCUT2D eigenvalue weighted by Crippen LogP contribution is 2.28. The van der Waals surface area contributed by atoms with Crippen LogP contribution in [-0.2, 0) is 0 Å². The maximum absolute atomic E-state index is 13.0. The van der Waals surface area contributed by atoms with Gasteiger partial charge in [-0.15, -0.1) is 0 Å². The van der Waals surface area contributed by atoms with Gasteiger partial charge in [0.15, 0.2) is 6.29 Å². The highest BCUT2D eigenvalue weighted by Gasteiger charge is 2.21. The summed E-state index contributed by atoms with van der Waals surface area (Å²) in [6, 6.07) is 4.89. The van der Waals surface area contributed by atoms with Crippen LogP contribution < -0.4 is 4.90 Å². The number of hydrogen-bond donors (Lipinski definition) is 0. The maximum Gasteiger partial charge on any atom is 0.152 e. The van der Waals surface area contributed by atoms with Gasteiger partial charge in [-0.25, -0.2) is 4.39 Å². The predicted octanol–water partition coefficient (Wildman–Crippen LogP) is 3.02.